The van der Waals surface area contributed by atoms with E-state index in [-0.39, 0.29) is 25.0 Å². The van der Waals surface area contributed by atoms with Gasteiger partial charge < -0.3 is 15.0 Å². The molecule has 0 saturated carbocycles. The molecule has 0 saturated heterocycles. The normalized spacial score (nSPS) is 11.6. The minimum atomic E-state index is -0.675. The summed E-state index contributed by atoms with van der Waals surface area (Å²) in [5, 5.41) is 3.78. The lowest BCUT2D eigenvalue weighted by molar-refractivity contribution is -0.142. The van der Waals surface area contributed by atoms with E-state index in [1.54, 1.807) is 25.1 Å². The van der Waals surface area contributed by atoms with Gasteiger partial charge in [-0.05, 0) is 55.7 Å². The number of halogens is 2. The van der Waals surface area contributed by atoms with Gasteiger partial charge in [0.2, 0.25) is 5.91 Å². The van der Waals surface area contributed by atoms with Crippen molar-refractivity contribution in [3.63, 3.8) is 0 Å². The highest BCUT2D eigenvalue weighted by Crippen LogP contribution is 2.26. The molecule has 1 atom stereocenters. The molecule has 2 amide bonds. The van der Waals surface area contributed by atoms with Crippen LogP contribution in [0.25, 0.3) is 0 Å². The maximum Gasteiger partial charge on any atom is 0.261 e. The average Bonchev–Trinajstić information content (AvgIpc) is 2.68. The molecular weight excluding hydrogens is 399 g/mol. The van der Waals surface area contributed by atoms with E-state index >= 15 is 0 Å². The van der Waals surface area contributed by atoms with Gasteiger partial charge in [0.25, 0.3) is 5.91 Å². The molecular formula is C21H24Cl2N2O3. The van der Waals surface area contributed by atoms with E-state index in [2.05, 4.69) is 5.32 Å². The Kier molecular flexibility index (Phi) is 7.72. The average molecular weight is 423 g/mol. The lowest BCUT2D eigenvalue weighted by Crippen LogP contribution is -2.48. The maximum absolute atomic E-state index is 12.9. The monoisotopic (exact) mass is 422 g/mol. The maximum atomic E-state index is 12.9. The third kappa shape index (κ3) is 5.40. The summed E-state index contributed by atoms with van der Waals surface area (Å²) in [6.45, 7) is 5.42. The molecule has 7 heteroatoms. The second-order valence-corrected chi connectivity index (χ2v) is 7.35. The number of nitrogens with one attached hydrogen (secondary N) is 1. The van der Waals surface area contributed by atoms with Gasteiger partial charge in [-0.1, -0.05) is 41.4 Å². The third-order valence-corrected chi connectivity index (χ3v) is 5.45. The van der Waals surface area contributed by atoms with E-state index in [4.69, 9.17) is 27.9 Å². The van der Waals surface area contributed by atoms with Gasteiger partial charge in [0.15, 0.2) is 6.61 Å². The topological polar surface area (TPSA) is 58.6 Å². The van der Waals surface area contributed by atoms with E-state index in [1.807, 2.05) is 32.0 Å². The number of amides is 2. The van der Waals surface area contributed by atoms with Crippen molar-refractivity contribution in [2.45, 2.75) is 33.4 Å². The number of likely N-dealkylation sites (N-methyl/N-ethyl adjacent to an activating group) is 1. The molecule has 0 fully saturated rings. The van der Waals surface area contributed by atoms with Crippen molar-refractivity contribution in [3.05, 3.63) is 63.1 Å². The number of rotatable bonds is 7. The highest BCUT2D eigenvalue weighted by molar-refractivity contribution is 6.32. The van der Waals surface area contributed by atoms with Gasteiger partial charge in [-0.15, -0.1) is 0 Å². The molecule has 5 nitrogen and oxygen atoms in total. The lowest BCUT2D eigenvalue weighted by atomic mass is 10.1. The molecule has 0 spiro atoms. The van der Waals surface area contributed by atoms with Crippen molar-refractivity contribution in [3.8, 4) is 5.75 Å². The number of hydrogen-bond acceptors (Lipinski definition) is 3. The second kappa shape index (κ2) is 9.80. The van der Waals surface area contributed by atoms with E-state index in [1.165, 1.54) is 11.9 Å². The van der Waals surface area contributed by atoms with Gasteiger partial charge in [-0.2, -0.15) is 0 Å². The fourth-order valence-corrected chi connectivity index (χ4v) is 3.12. The predicted octanol–water partition coefficient (Wildman–Crippen LogP) is 4.15. The lowest BCUT2D eigenvalue weighted by Gasteiger charge is -2.28. The zero-order valence-corrected chi connectivity index (χ0v) is 17.9. The van der Waals surface area contributed by atoms with Crippen molar-refractivity contribution < 1.29 is 14.3 Å². The van der Waals surface area contributed by atoms with Gasteiger partial charge in [0.05, 0.1) is 0 Å². The van der Waals surface area contributed by atoms with Crippen molar-refractivity contribution >= 4 is 35.0 Å². The molecule has 0 radical (unpaired) electrons. The number of carbonyl (C=O) groups excluding carboxylic acids is 2. The Hall–Kier alpha value is -2.24. The molecule has 0 aromatic heterocycles. The van der Waals surface area contributed by atoms with E-state index < -0.39 is 6.04 Å². The van der Waals surface area contributed by atoms with Gasteiger partial charge in [-0.3, -0.25) is 9.59 Å². The highest BCUT2D eigenvalue weighted by atomic mass is 35.5. The van der Waals surface area contributed by atoms with Crippen LogP contribution < -0.4 is 10.1 Å². The smallest absolute Gasteiger partial charge is 0.261 e. The summed E-state index contributed by atoms with van der Waals surface area (Å²) in [6, 6.07) is 10.1. The molecule has 28 heavy (non-hydrogen) atoms. The van der Waals surface area contributed by atoms with Crippen LogP contribution in [0, 0.1) is 13.8 Å². The Morgan fingerprint density at radius 1 is 1.14 bits per heavy atom. The zero-order valence-electron chi connectivity index (χ0n) is 16.4. The molecule has 1 N–H and O–H groups in total. The van der Waals surface area contributed by atoms with Crippen molar-refractivity contribution in [1.82, 2.24) is 10.2 Å². The number of aryl methyl sites for hydroxylation is 2. The second-order valence-electron chi connectivity index (χ2n) is 6.56. The van der Waals surface area contributed by atoms with Crippen LogP contribution in [0.3, 0.4) is 0 Å². The van der Waals surface area contributed by atoms with Crippen LogP contribution >= 0.6 is 23.2 Å². The quantitative estimate of drug-likeness (QED) is 0.728. The van der Waals surface area contributed by atoms with E-state index in [0.29, 0.717) is 15.8 Å². The first kappa shape index (κ1) is 22.1. The number of benzene rings is 2. The summed E-state index contributed by atoms with van der Waals surface area (Å²) in [5.74, 6) is -0.0297. The standard InChI is InChI=1S/C21H24Cl2N2O3/c1-13-9-17(10-14(2)20(13)23)28-12-19(26)25(15(3)21(27)24-4)11-16-7-5-6-8-18(16)22/h5-10,15H,11-12H2,1-4H3,(H,24,27)/t15-/m0/s1. The van der Waals surface area contributed by atoms with E-state index in [0.717, 1.165) is 16.7 Å². The first-order valence-corrected chi connectivity index (χ1v) is 9.64. The van der Waals surface area contributed by atoms with Crippen LogP contribution in [0.4, 0.5) is 0 Å². The summed E-state index contributed by atoms with van der Waals surface area (Å²) in [5.41, 5.74) is 2.50. The van der Waals surface area contributed by atoms with Crippen LogP contribution in [0.5, 0.6) is 5.75 Å². The number of nitrogens with zero attached hydrogens (tertiary/aromatic N) is 1. The minimum absolute atomic E-state index is 0.202. The van der Waals surface area contributed by atoms with Gasteiger partial charge in [0.1, 0.15) is 11.8 Å². The highest BCUT2D eigenvalue weighted by Gasteiger charge is 2.26. The first-order chi connectivity index (χ1) is 13.2. The minimum Gasteiger partial charge on any atom is -0.484 e. The number of hydrogen-bond donors (Lipinski definition) is 1. The Balaban J connectivity index is 2.19. The molecule has 0 unspecified atom stereocenters. The molecule has 0 aliphatic carbocycles. The molecule has 2 aromatic carbocycles. The molecule has 0 bridgehead atoms. The predicted molar refractivity (Wildman–Crippen MR) is 112 cm³/mol. The van der Waals surface area contributed by atoms with Crippen LogP contribution in [-0.2, 0) is 16.1 Å². The van der Waals surface area contributed by atoms with Crippen LogP contribution in [0.1, 0.15) is 23.6 Å². The van der Waals surface area contributed by atoms with Gasteiger partial charge >= 0.3 is 0 Å². The third-order valence-electron chi connectivity index (χ3n) is 4.48. The number of carbonyl (C=O) groups is 2. The van der Waals surface area contributed by atoms with Crippen LogP contribution in [0.2, 0.25) is 10.0 Å². The van der Waals surface area contributed by atoms with Crippen molar-refractivity contribution in [2.75, 3.05) is 13.7 Å². The van der Waals surface area contributed by atoms with Gasteiger partial charge in [-0.25, -0.2) is 0 Å². The molecule has 150 valence electrons. The molecule has 0 aliphatic rings. The summed E-state index contributed by atoms with van der Waals surface area (Å²) < 4.78 is 5.68. The fraction of sp³-hybridized carbons (Fsp3) is 0.333. The van der Waals surface area contributed by atoms with Crippen LogP contribution in [-0.4, -0.2) is 36.4 Å². The zero-order chi connectivity index (χ0) is 20.8. The summed E-state index contributed by atoms with van der Waals surface area (Å²) in [4.78, 5) is 26.5. The molecule has 2 aromatic rings. The summed E-state index contributed by atoms with van der Waals surface area (Å²) in [6.07, 6.45) is 0. The van der Waals surface area contributed by atoms with Gasteiger partial charge in [0, 0.05) is 23.6 Å². The largest absolute Gasteiger partial charge is 0.484 e. The SMILES string of the molecule is CNC(=O)[C@H](C)N(Cc1ccccc1Cl)C(=O)COc1cc(C)c(Cl)c(C)c1. The summed E-state index contributed by atoms with van der Waals surface area (Å²) >= 11 is 12.4. The first-order valence-electron chi connectivity index (χ1n) is 8.88. The Morgan fingerprint density at radius 3 is 2.32 bits per heavy atom. The van der Waals surface area contributed by atoms with Crippen molar-refractivity contribution in [1.29, 1.82) is 0 Å². The molecule has 2 rings (SSSR count). The van der Waals surface area contributed by atoms with Crippen LogP contribution in [0.15, 0.2) is 36.4 Å². The summed E-state index contributed by atoms with van der Waals surface area (Å²) in [7, 11) is 1.53. The number of ether oxygens (including phenoxy) is 1. The molecule has 0 aliphatic heterocycles. The fourth-order valence-electron chi connectivity index (χ4n) is 2.82. The molecule has 0 heterocycles. The van der Waals surface area contributed by atoms with Crippen molar-refractivity contribution in [2.24, 2.45) is 0 Å². The Morgan fingerprint density at radius 2 is 1.75 bits per heavy atom. The Labute approximate surface area is 175 Å². The van der Waals surface area contributed by atoms with E-state index in [9.17, 15) is 9.59 Å². The Bertz CT molecular complexity index is 847.